The molecule has 1 aromatic rings. The molecule has 9 heteroatoms. The van der Waals surface area contributed by atoms with E-state index in [1.165, 1.54) is 25.4 Å². The molecule has 1 aliphatic heterocycles. The van der Waals surface area contributed by atoms with Gasteiger partial charge < -0.3 is 10.6 Å². The Hall–Kier alpha value is -2.09. The molecular weight excluding hydrogens is 333 g/mol. The van der Waals surface area contributed by atoms with Crippen LogP contribution in [0.3, 0.4) is 0 Å². The van der Waals surface area contributed by atoms with Gasteiger partial charge >= 0.3 is 6.18 Å². The minimum Gasteiger partial charge on any atom is -0.356 e. The van der Waals surface area contributed by atoms with Crippen molar-refractivity contribution in [3.05, 3.63) is 35.8 Å². The minimum atomic E-state index is -4.54. The Morgan fingerprint density at radius 3 is 2.74 bits per heavy atom. The van der Waals surface area contributed by atoms with E-state index in [9.17, 15) is 18.0 Å². The first-order valence-corrected chi connectivity index (χ1v) is 7.00. The number of dihydropyridines is 1. The molecule has 1 aliphatic rings. The Morgan fingerprint density at radius 2 is 2.13 bits per heavy atom. The molecule has 5 nitrogen and oxygen atoms in total. The summed E-state index contributed by atoms with van der Waals surface area (Å²) in [6.45, 7) is 0.484. The van der Waals surface area contributed by atoms with Gasteiger partial charge in [0.25, 0.3) is 5.91 Å². The summed E-state index contributed by atoms with van der Waals surface area (Å²) in [6, 6.07) is 2.98. The summed E-state index contributed by atoms with van der Waals surface area (Å²) in [5.41, 5.74) is -2.29. The van der Waals surface area contributed by atoms with Gasteiger partial charge in [-0.1, -0.05) is 11.6 Å². The van der Waals surface area contributed by atoms with Crippen LogP contribution in [0, 0.1) is 5.41 Å². The number of alkyl halides is 3. The number of nitrogens with zero attached hydrogens (tertiary/aromatic N) is 2. The third-order valence-electron chi connectivity index (χ3n) is 3.55. The molecule has 0 bridgehead atoms. The lowest BCUT2D eigenvalue weighted by Crippen LogP contribution is -2.44. The molecule has 2 heterocycles. The van der Waals surface area contributed by atoms with E-state index in [2.05, 4.69) is 20.6 Å². The van der Waals surface area contributed by atoms with Crippen LogP contribution in [0.25, 0.3) is 0 Å². The number of halogens is 4. The highest BCUT2D eigenvalue weighted by Gasteiger charge is 2.55. The summed E-state index contributed by atoms with van der Waals surface area (Å²) < 4.78 is 40.3. The predicted molar refractivity (Wildman–Crippen MR) is 81.6 cm³/mol. The van der Waals surface area contributed by atoms with Gasteiger partial charge in [0.2, 0.25) is 0 Å². The number of carbonyl (C=O) groups excluding carboxylic acids is 1. The van der Waals surface area contributed by atoms with Gasteiger partial charge in [-0.15, -0.1) is 0 Å². The molecule has 0 saturated carbocycles. The number of nitrogens with one attached hydrogen (secondary N) is 2. The number of allylic oxidation sites excluding steroid dienone is 1. The van der Waals surface area contributed by atoms with Gasteiger partial charge in [0.1, 0.15) is 10.6 Å². The van der Waals surface area contributed by atoms with Crippen LogP contribution < -0.4 is 10.6 Å². The zero-order valence-electron chi connectivity index (χ0n) is 12.3. The molecule has 1 amide bonds. The zero-order valence-corrected chi connectivity index (χ0v) is 13.1. The molecule has 1 atom stereocenters. The van der Waals surface area contributed by atoms with Crippen molar-refractivity contribution in [2.45, 2.75) is 13.1 Å². The van der Waals surface area contributed by atoms with Gasteiger partial charge in [-0.25, -0.2) is 4.98 Å². The summed E-state index contributed by atoms with van der Waals surface area (Å²) in [4.78, 5) is 19.4. The average Bonchev–Trinajstić information content (AvgIpc) is 2.49. The first-order valence-electron chi connectivity index (χ1n) is 6.62. The smallest absolute Gasteiger partial charge is 0.356 e. The van der Waals surface area contributed by atoms with Crippen LogP contribution >= 0.6 is 11.6 Å². The summed E-state index contributed by atoms with van der Waals surface area (Å²) >= 11 is 5.76. The quantitative estimate of drug-likeness (QED) is 0.884. The highest BCUT2D eigenvalue weighted by Crippen LogP contribution is 2.46. The Morgan fingerprint density at radius 1 is 1.43 bits per heavy atom. The fourth-order valence-electron chi connectivity index (χ4n) is 2.01. The average molecular weight is 347 g/mol. The number of aliphatic imine (C=N–C) groups is 1. The van der Waals surface area contributed by atoms with Crippen LogP contribution in [-0.2, 0) is 0 Å². The van der Waals surface area contributed by atoms with Gasteiger partial charge in [0, 0.05) is 18.9 Å². The van der Waals surface area contributed by atoms with E-state index in [1.54, 1.807) is 0 Å². The van der Waals surface area contributed by atoms with Crippen molar-refractivity contribution >= 4 is 28.4 Å². The van der Waals surface area contributed by atoms with Crippen molar-refractivity contribution in [3.63, 3.8) is 0 Å². The Labute approximate surface area is 135 Å². The number of amides is 1. The second-order valence-electron chi connectivity index (χ2n) is 5.13. The highest BCUT2D eigenvalue weighted by atomic mass is 35.5. The van der Waals surface area contributed by atoms with E-state index in [-0.39, 0.29) is 22.2 Å². The topological polar surface area (TPSA) is 66.4 Å². The van der Waals surface area contributed by atoms with Gasteiger partial charge in [-0.3, -0.25) is 9.79 Å². The lowest BCUT2D eigenvalue weighted by atomic mass is 9.84. The van der Waals surface area contributed by atoms with Crippen LogP contribution in [0.2, 0.25) is 0 Å². The maximum Gasteiger partial charge on any atom is 0.401 e. The van der Waals surface area contributed by atoms with E-state index < -0.39 is 24.0 Å². The van der Waals surface area contributed by atoms with E-state index in [0.717, 1.165) is 13.0 Å². The molecule has 0 spiro atoms. The number of aromatic nitrogens is 1. The molecule has 0 radical (unpaired) electrons. The third kappa shape index (κ3) is 3.31. The Bertz CT molecular complexity index is 687. The van der Waals surface area contributed by atoms with Crippen molar-refractivity contribution < 1.29 is 18.0 Å². The van der Waals surface area contributed by atoms with Crippen LogP contribution in [0.4, 0.5) is 18.9 Å². The van der Waals surface area contributed by atoms with Gasteiger partial charge in [0.05, 0.1) is 12.2 Å². The molecule has 0 fully saturated rings. The first kappa shape index (κ1) is 17.3. The van der Waals surface area contributed by atoms with Crippen LogP contribution in [0.15, 0.2) is 35.1 Å². The summed E-state index contributed by atoms with van der Waals surface area (Å²) in [5, 5.41) is 4.99. The minimum absolute atomic E-state index is 0.0148. The van der Waals surface area contributed by atoms with Crippen molar-refractivity contribution in [3.8, 4) is 0 Å². The molecule has 0 aliphatic carbocycles. The van der Waals surface area contributed by atoms with Crippen molar-refractivity contribution in [1.29, 1.82) is 0 Å². The van der Waals surface area contributed by atoms with E-state index >= 15 is 0 Å². The fourth-order valence-corrected chi connectivity index (χ4v) is 2.18. The summed E-state index contributed by atoms with van der Waals surface area (Å²) in [7, 11) is 1.41. The largest absolute Gasteiger partial charge is 0.401 e. The molecule has 2 rings (SSSR count). The second kappa shape index (κ2) is 6.19. The molecule has 1 aromatic heterocycles. The lowest BCUT2D eigenvalue weighted by molar-refractivity contribution is -0.199. The molecular formula is C14H14ClF3N4O. The zero-order chi connectivity index (χ0) is 17.3. The summed E-state index contributed by atoms with van der Waals surface area (Å²) in [5.74, 6) is -0.516. The van der Waals surface area contributed by atoms with E-state index in [0.29, 0.717) is 0 Å². The molecule has 124 valence electrons. The first-order chi connectivity index (χ1) is 10.7. The normalized spacial score (nSPS) is 21.3. The molecule has 0 saturated heterocycles. The number of hydrogen-bond donors (Lipinski definition) is 2. The van der Waals surface area contributed by atoms with Gasteiger partial charge in [-0.05, 0) is 25.1 Å². The van der Waals surface area contributed by atoms with E-state index in [4.69, 9.17) is 11.6 Å². The molecule has 0 aromatic carbocycles. The highest BCUT2D eigenvalue weighted by molar-refractivity contribution is 6.68. The van der Waals surface area contributed by atoms with E-state index in [1.807, 2.05) is 0 Å². The monoisotopic (exact) mass is 346 g/mol. The summed E-state index contributed by atoms with van der Waals surface area (Å²) in [6.07, 6.45) is -2.05. The number of pyridine rings is 1. The Balaban J connectivity index is 2.45. The predicted octanol–water partition coefficient (Wildman–Crippen LogP) is 2.96. The van der Waals surface area contributed by atoms with Crippen molar-refractivity contribution in [1.82, 2.24) is 10.3 Å². The van der Waals surface area contributed by atoms with Gasteiger partial charge in [0.15, 0.2) is 5.69 Å². The number of rotatable bonds is 3. The number of carbonyl (C=O) groups is 1. The van der Waals surface area contributed by atoms with Crippen LogP contribution in [0.1, 0.15) is 17.4 Å². The Kier molecular flexibility index (Phi) is 4.65. The fraction of sp³-hybridized carbons (Fsp3) is 0.357. The standard InChI is InChI=1S/C14H14ClF3N4O/c1-13(14(16,17)18)7-21-10(15)6-9(13)22-8-4-3-5-20-11(8)12(23)19-2/h3-6,22H,7H2,1-2H3,(H,19,23). The third-order valence-corrected chi connectivity index (χ3v) is 3.78. The maximum absolute atomic E-state index is 13.4. The maximum atomic E-state index is 13.4. The molecule has 23 heavy (non-hydrogen) atoms. The van der Waals surface area contributed by atoms with Crippen LogP contribution in [-0.4, -0.2) is 35.8 Å². The van der Waals surface area contributed by atoms with Crippen LogP contribution in [0.5, 0.6) is 0 Å². The molecule has 1 unspecified atom stereocenters. The number of anilines is 1. The SMILES string of the molecule is CNC(=O)c1ncccc1NC1=CC(Cl)=NCC1(C)C(F)(F)F. The number of hydrogen-bond acceptors (Lipinski definition) is 4. The van der Waals surface area contributed by atoms with Gasteiger partial charge in [-0.2, -0.15) is 13.2 Å². The van der Waals surface area contributed by atoms with Crippen molar-refractivity contribution in [2.75, 3.05) is 18.9 Å². The second-order valence-corrected chi connectivity index (χ2v) is 5.52. The van der Waals surface area contributed by atoms with Crippen molar-refractivity contribution in [2.24, 2.45) is 10.4 Å². The molecule has 2 N–H and O–H groups in total. The lowest BCUT2D eigenvalue weighted by Gasteiger charge is -2.35.